The summed E-state index contributed by atoms with van der Waals surface area (Å²) in [5.41, 5.74) is 1.52. The lowest BCUT2D eigenvalue weighted by Crippen LogP contribution is -2.06. The standard InChI is InChI=1S/C15H15ClO3/c1-2-12-9-19-15(17)14(12)13(16)10-18-8-11-6-4-3-5-7-11/h2-7,12H,1,8-10H2/b14-13+. The Morgan fingerprint density at radius 1 is 1.47 bits per heavy atom. The molecule has 0 spiro atoms. The minimum atomic E-state index is -0.377. The van der Waals surface area contributed by atoms with Gasteiger partial charge in [-0.15, -0.1) is 6.58 Å². The molecule has 1 fully saturated rings. The van der Waals surface area contributed by atoms with Gasteiger partial charge < -0.3 is 9.47 Å². The van der Waals surface area contributed by atoms with Crippen molar-refractivity contribution in [3.63, 3.8) is 0 Å². The number of esters is 1. The van der Waals surface area contributed by atoms with Crippen LogP contribution in [0.1, 0.15) is 5.56 Å². The van der Waals surface area contributed by atoms with E-state index in [-0.39, 0.29) is 18.5 Å². The molecule has 1 aromatic carbocycles. The predicted octanol–water partition coefficient (Wildman–Crippen LogP) is 3.06. The molecule has 1 aliphatic rings. The van der Waals surface area contributed by atoms with Crippen molar-refractivity contribution < 1.29 is 14.3 Å². The zero-order valence-electron chi connectivity index (χ0n) is 10.5. The molecule has 1 aliphatic heterocycles. The first kappa shape index (κ1) is 13.8. The Morgan fingerprint density at radius 2 is 2.21 bits per heavy atom. The highest BCUT2D eigenvalue weighted by atomic mass is 35.5. The third-order valence-corrected chi connectivity index (χ3v) is 3.21. The Hall–Kier alpha value is -1.58. The minimum Gasteiger partial charge on any atom is -0.461 e. The fourth-order valence-electron chi connectivity index (χ4n) is 1.89. The summed E-state index contributed by atoms with van der Waals surface area (Å²) >= 11 is 6.13. The van der Waals surface area contributed by atoms with Gasteiger partial charge in [-0.2, -0.15) is 0 Å². The van der Waals surface area contributed by atoms with Crippen molar-refractivity contribution in [3.05, 3.63) is 59.2 Å². The van der Waals surface area contributed by atoms with Crippen LogP contribution in [0.4, 0.5) is 0 Å². The highest BCUT2D eigenvalue weighted by Crippen LogP contribution is 2.27. The second-order valence-corrected chi connectivity index (χ2v) is 4.69. The van der Waals surface area contributed by atoms with E-state index >= 15 is 0 Å². The molecule has 1 unspecified atom stereocenters. The van der Waals surface area contributed by atoms with Crippen molar-refractivity contribution >= 4 is 17.6 Å². The van der Waals surface area contributed by atoms with E-state index in [1.54, 1.807) is 6.08 Å². The van der Waals surface area contributed by atoms with Crippen molar-refractivity contribution in [2.24, 2.45) is 5.92 Å². The summed E-state index contributed by atoms with van der Waals surface area (Å²) in [5, 5.41) is 0.392. The number of benzene rings is 1. The van der Waals surface area contributed by atoms with Crippen LogP contribution in [0.25, 0.3) is 0 Å². The zero-order valence-corrected chi connectivity index (χ0v) is 11.2. The van der Waals surface area contributed by atoms with Crippen LogP contribution in [0, 0.1) is 5.92 Å². The Labute approximate surface area is 117 Å². The average Bonchev–Trinajstić information content (AvgIpc) is 2.81. The highest BCUT2D eigenvalue weighted by Gasteiger charge is 2.30. The number of carbonyl (C=O) groups excluding carboxylic acids is 1. The molecule has 0 N–H and O–H groups in total. The van der Waals surface area contributed by atoms with E-state index < -0.39 is 0 Å². The number of hydrogen-bond donors (Lipinski definition) is 0. The quantitative estimate of drug-likeness (QED) is 0.472. The van der Waals surface area contributed by atoms with Crippen molar-refractivity contribution in [1.82, 2.24) is 0 Å². The summed E-state index contributed by atoms with van der Waals surface area (Å²) in [6, 6.07) is 9.78. The number of rotatable bonds is 5. The van der Waals surface area contributed by atoms with Gasteiger partial charge >= 0.3 is 5.97 Å². The lowest BCUT2D eigenvalue weighted by molar-refractivity contribution is -0.135. The molecular weight excluding hydrogens is 264 g/mol. The SMILES string of the molecule is C=CC1COC(=O)/C1=C(/Cl)COCc1ccccc1. The van der Waals surface area contributed by atoms with E-state index in [9.17, 15) is 4.79 Å². The van der Waals surface area contributed by atoms with E-state index in [0.29, 0.717) is 23.8 Å². The Kier molecular flexibility index (Phi) is 4.77. The molecule has 3 nitrogen and oxygen atoms in total. The molecule has 0 amide bonds. The van der Waals surface area contributed by atoms with Gasteiger partial charge in [0.1, 0.15) is 6.61 Å². The van der Waals surface area contributed by atoms with Crippen LogP contribution in [0.15, 0.2) is 53.6 Å². The van der Waals surface area contributed by atoms with Gasteiger partial charge in [0.25, 0.3) is 0 Å². The van der Waals surface area contributed by atoms with Crippen LogP contribution in [0.3, 0.4) is 0 Å². The molecule has 0 bridgehead atoms. The smallest absolute Gasteiger partial charge is 0.336 e. The first-order valence-corrected chi connectivity index (χ1v) is 6.40. The van der Waals surface area contributed by atoms with Crippen LogP contribution < -0.4 is 0 Å². The zero-order chi connectivity index (χ0) is 13.7. The monoisotopic (exact) mass is 278 g/mol. The van der Waals surface area contributed by atoms with E-state index in [2.05, 4.69) is 6.58 Å². The van der Waals surface area contributed by atoms with Crippen molar-refractivity contribution in [1.29, 1.82) is 0 Å². The van der Waals surface area contributed by atoms with Crippen LogP contribution >= 0.6 is 11.6 Å². The molecule has 0 radical (unpaired) electrons. The number of carbonyl (C=O) groups is 1. The van der Waals surface area contributed by atoms with Gasteiger partial charge in [-0.3, -0.25) is 0 Å². The average molecular weight is 279 g/mol. The molecule has 0 aromatic heterocycles. The van der Waals surface area contributed by atoms with Gasteiger partial charge in [-0.1, -0.05) is 48.0 Å². The molecule has 1 aromatic rings. The largest absolute Gasteiger partial charge is 0.461 e. The maximum atomic E-state index is 11.6. The van der Waals surface area contributed by atoms with Gasteiger partial charge in [0.2, 0.25) is 0 Å². The van der Waals surface area contributed by atoms with E-state index in [1.807, 2.05) is 30.3 Å². The lowest BCUT2D eigenvalue weighted by atomic mass is 10.0. The van der Waals surface area contributed by atoms with Crippen molar-refractivity contribution in [2.45, 2.75) is 6.61 Å². The maximum absolute atomic E-state index is 11.6. The summed E-state index contributed by atoms with van der Waals surface area (Å²) in [4.78, 5) is 11.6. The van der Waals surface area contributed by atoms with Gasteiger partial charge in [0.15, 0.2) is 0 Å². The molecule has 0 aliphatic carbocycles. The van der Waals surface area contributed by atoms with Crippen LogP contribution in [-0.4, -0.2) is 19.2 Å². The van der Waals surface area contributed by atoms with Gasteiger partial charge in [-0.25, -0.2) is 4.79 Å². The third kappa shape index (κ3) is 3.46. The van der Waals surface area contributed by atoms with Gasteiger partial charge in [-0.05, 0) is 5.56 Å². The Balaban J connectivity index is 1.95. The minimum absolute atomic E-state index is 0.139. The second kappa shape index (κ2) is 6.55. The van der Waals surface area contributed by atoms with Crippen LogP contribution in [0.5, 0.6) is 0 Å². The normalized spacial score (nSPS) is 21.1. The second-order valence-electron chi connectivity index (χ2n) is 4.24. The van der Waals surface area contributed by atoms with Crippen LogP contribution in [0.2, 0.25) is 0 Å². The lowest BCUT2D eigenvalue weighted by Gasteiger charge is -2.07. The highest BCUT2D eigenvalue weighted by molar-refractivity contribution is 6.32. The van der Waals surface area contributed by atoms with Gasteiger partial charge in [0.05, 0.1) is 23.8 Å². The molecule has 100 valence electrons. The summed E-state index contributed by atoms with van der Waals surface area (Å²) in [6.07, 6.45) is 1.67. The molecule has 0 saturated carbocycles. The molecule has 2 rings (SSSR count). The summed E-state index contributed by atoms with van der Waals surface area (Å²) in [6.45, 7) is 4.64. The maximum Gasteiger partial charge on any atom is 0.336 e. The molecular formula is C15H15ClO3. The number of halogens is 1. The van der Waals surface area contributed by atoms with E-state index in [0.717, 1.165) is 5.56 Å². The fourth-order valence-corrected chi connectivity index (χ4v) is 2.18. The fraction of sp³-hybridized carbons (Fsp3) is 0.267. The predicted molar refractivity (Wildman–Crippen MR) is 73.6 cm³/mol. The Morgan fingerprint density at radius 3 is 2.89 bits per heavy atom. The van der Waals surface area contributed by atoms with E-state index in [4.69, 9.17) is 21.1 Å². The van der Waals surface area contributed by atoms with E-state index in [1.165, 1.54) is 0 Å². The number of cyclic esters (lactones) is 1. The summed E-state index contributed by atoms with van der Waals surface area (Å²) in [7, 11) is 0. The summed E-state index contributed by atoms with van der Waals surface area (Å²) in [5.74, 6) is -0.515. The molecule has 1 heterocycles. The third-order valence-electron chi connectivity index (χ3n) is 2.90. The topological polar surface area (TPSA) is 35.5 Å². The van der Waals surface area contributed by atoms with Crippen molar-refractivity contribution in [3.8, 4) is 0 Å². The summed E-state index contributed by atoms with van der Waals surface area (Å²) < 4.78 is 10.4. The van der Waals surface area contributed by atoms with Crippen LogP contribution in [-0.2, 0) is 20.9 Å². The first-order valence-electron chi connectivity index (χ1n) is 6.02. The number of ether oxygens (including phenoxy) is 2. The first-order chi connectivity index (χ1) is 9.22. The Bertz CT molecular complexity index is 493. The molecule has 1 atom stereocenters. The molecule has 19 heavy (non-hydrogen) atoms. The van der Waals surface area contributed by atoms with Crippen molar-refractivity contribution in [2.75, 3.05) is 13.2 Å². The number of hydrogen-bond acceptors (Lipinski definition) is 3. The van der Waals surface area contributed by atoms with Gasteiger partial charge in [0, 0.05) is 5.92 Å². The molecule has 1 saturated heterocycles. The molecule has 4 heteroatoms.